The molecule has 3 heterocycles. The summed E-state index contributed by atoms with van der Waals surface area (Å²) in [5, 5.41) is 0.561. The van der Waals surface area contributed by atoms with Gasteiger partial charge >= 0.3 is 0 Å². The van der Waals surface area contributed by atoms with E-state index in [2.05, 4.69) is 46.8 Å². The molecule has 0 aliphatic rings. The molecule has 3 rings (SSSR count). The van der Waals surface area contributed by atoms with Crippen molar-refractivity contribution in [2.75, 3.05) is 11.5 Å². The summed E-state index contributed by atoms with van der Waals surface area (Å²) in [4.78, 5) is 13.0. The van der Waals surface area contributed by atoms with Gasteiger partial charge in [-0.25, -0.2) is 15.0 Å². The number of hydrogen-bond donors (Lipinski definition) is 2. The lowest BCUT2D eigenvalue weighted by Gasteiger charge is -1.88. The Morgan fingerprint density at radius 2 is 1.68 bits per heavy atom. The van der Waals surface area contributed by atoms with E-state index >= 15 is 0 Å². The fourth-order valence-corrected chi connectivity index (χ4v) is 2.56. The van der Waals surface area contributed by atoms with Gasteiger partial charge in [0, 0.05) is 0 Å². The number of nitrogens with zero attached hydrogens (tertiary/aromatic N) is 3. The fraction of sp³-hybridized carbons (Fsp3) is 0. The highest BCUT2D eigenvalue weighted by molar-refractivity contribution is 9.10. The van der Waals surface area contributed by atoms with Crippen LogP contribution in [0, 0.1) is 0 Å². The zero-order chi connectivity index (χ0) is 13.8. The topological polar surface area (TPSA) is 90.7 Å². The zero-order valence-corrected chi connectivity index (χ0v) is 13.5. The molecule has 19 heavy (non-hydrogen) atoms. The molecule has 0 fully saturated rings. The fourth-order valence-electron chi connectivity index (χ4n) is 1.20. The van der Waals surface area contributed by atoms with E-state index in [0.29, 0.717) is 10.8 Å². The first-order valence-corrected chi connectivity index (χ1v) is 7.50. The van der Waals surface area contributed by atoms with Gasteiger partial charge in [-0.1, -0.05) is 11.3 Å². The number of halogens is 2. The van der Waals surface area contributed by atoms with Crippen LogP contribution in [-0.2, 0) is 0 Å². The normalized spacial score (nSPS) is 10.0. The largest absolute Gasteiger partial charge is 0.397 e. The van der Waals surface area contributed by atoms with Crippen LogP contribution in [0.2, 0.25) is 0 Å². The number of anilines is 2. The van der Waals surface area contributed by atoms with Crippen LogP contribution in [0.5, 0.6) is 0 Å². The Bertz CT molecular complexity index is 662. The van der Waals surface area contributed by atoms with E-state index in [-0.39, 0.29) is 0 Å². The number of rotatable bonds is 0. The summed E-state index contributed by atoms with van der Waals surface area (Å²) < 4.78 is 1.63. The van der Waals surface area contributed by atoms with Crippen molar-refractivity contribution >= 4 is 64.4 Å². The molecule has 0 bridgehead atoms. The molecule has 0 aromatic carbocycles. The van der Waals surface area contributed by atoms with E-state index in [1.165, 1.54) is 11.3 Å². The summed E-state index contributed by atoms with van der Waals surface area (Å²) in [6.07, 6.45) is 1.60. The van der Waals surface area contributed by atoms with Gasteiger partial charge in [0.1, 0.15) is 19.6 Å². The van der Waals surface area contributed by atoms with Crippen LogP contribution in [0.25, 0.3) is 10.3 Å². The number of nitrogens with two attached hydrogens (primary N) is 2. The van der Waals surface area contributed by atoms with Gasteiger partial charge in [0.15, 0.2) is 5.13 Å². The second-order valence-electron chi connectivity index (χ2n) is 3.42. The molecular formula is C11H9Br2N5S. The summed E-state index contributed by atoms with van der Waals surface area (Å²) in [5.74, 6) is 0. The van der Waals surface area contributed by atoms with Gasteiger partial charge in [-0.05, 0) is 56.1 Å². The van der Waals surface area contributed by atoms with Gasteiger partial charge in [-0.3, -0.25) is 0 Å². The number of fused-ring (bicyclic) bond motifs is 1. The number of hydrogen-bond acceptors (Lipinski definition) is 6. The summed E-state index contributed by atoms with van der Waals surface area (Å²) in [7, 11) is 0. The Morgan fingerprint density at radius 1 is 0.947 bits per heavy atom. The maximum atomic E-state index is 5.49. The van der Waals surface area contributed by atoms with E-state index in [1.807, 2.05) is 12.1 Å². The molecule has 0 amide bonds. The van der Waals surface area contributed by atoms with E-state index in [0.717, 1.165) is 19.6 Å². The standard InChI is InChI=1S/C6H4BrN3S.C5H5BrN2/c7-4-2-1-3-5(10-4)11-6(8)9-3;6-5-2-1-4(7)3-8-5/h1-2H,(H2,8,9);1-3H,7H2. The van der Waals surface area contributed by atoms with E-state index < -0.39 is 0 Å². The predicted molar refractivity (Wildman–Crippen MR) is 85.9 cm³/mol. The quantitative estimate of drug-likeness (QED) is 0.562. The van der Waals surface area contributed by atoms with Crippen LogP contribution in [0.15, 0.2) is 39.7 Å². The Kier molecular flexibility index (Phi) is 4.67. The van der Waals surface area contributed by atoms with Crippen molar-refractivity contribution in [1.82, 2.24) is 15.0 Å². The highest BCUT2D eigenvalue weighted by Crippen LogP contribution is 2.22. The third-order valence-electron chi connectivity index (χ3n) is 1.99. The summed E-state index contributed by atoms with van der Waals surface area (Å²) in [6.45, 7) is 0. The van der Waals surface area contributed by atoms with Crippen molar-refractivity contribution in [3.05, 3.63) is 39.7 Å². The zero-order valence-electron chi connectivity index (χ0n) is 9.55. The van der Waals surface area contributed by atoms with Crippen molar-refractivity contribution in [2.45, 2.75) is 0 Å². The Hall–Kier alpha value is -1.25. The second kappa shape index (κ2) is 6.27. The molecule has 8 heteroatoms. The molecule has 0 unspecified atom stereocenters. The van der Waals surface area contributed by atoms with Crippen molar-refractivity contribution in [3.8, 4) is 0 Å². The van der Waals surface area contributed by atoms with Crippen molar-refractivity contribution in [1.29, 1.82) is 0 Å². The first-order chi connectivity index (χ1) is 9.04. The average molecular weight is 403 g/mol. The van der Waals surface area contributed by atoms with Gasteiger partial charge in [0.25, 0.3) is 0 Å². The number of thiazole rings is 1. The molecule has 0 saturated heterocycles. The van der Waals surface area contributed by atoms with Crippen LogP contribution >= 0.6 is 43.2 Å². The van der Waals surface area contributed by atoms with Gasteiger partial charge < -0.3 is 11.5 Å². The van der Waals surface area contributed by atoms with Gasteiger partial charge in [0.2, 0.25) is 0 Å². The maximum absolute atomic E-state index is 5.49. The summed E-state index contributed by atoms with van der Waals surface area (Å²) in [5.41, 5.74) is 12.4. The highest BCUT2D eigenvalue weighted by atomic mass is 79.9. The molecular weight excluding hydrogens is 394 g/mol. The molecule has 3 aromatic heterocycles. The number of aromatic nitrogens is 3. The lowest BCUT2D eigenvalue weighted by molar-refractivity contribution is 1.28. The molecule has 0 atom stereocenters. The number of pyridine rings is 2. The molecule has 5 nitrogen and oxygen atoms in total. The highest BCUT2D eigenvalue weighted by Gasteiger charge is 2.00. The minimum atomic E-state index is 0.561. The van der Waals surface area contributed by atoms with Crippen LogP contribution in [0.4, 0.5) is 10.8 Å². The van der Waals surface area contributed by atoms with Gasteiger partial charge in [-0.2, -0.15) is 0 Å². The second-order valence-corrected chi connectivity index (χ2v) is 6.06. The lowest BCUT2D eigenvalue weighted by atomic mass is 10.4. The third kappa shape index (κ3) is 4.12. The lowest BCUT2D eigenvalue weighted by Crippen LogP contribution is -1.83. The average Bonchev–Trinajstić information content (AvgIpc) is 2.73. The van der Waals surface area contributed by atoms with Crippen LogP contribution in [0.3, 0.4) is 0 Å². The first-order valence-electron chi connectivity index (χ1n) is 5.10. The van der Waals surface area contributed by atoms with E-state index in [1.54, 1.807) is 18.3 Å². The minimum Gasteiger partial charge on any atom is -0.397 e. The van der Waals surface area contributed by atoms with Crippen LogP contribution < -0.4 is 11.5 Å². The molecule has 0 spiro atoms. The maximum Gasteiger partial charge on any atom is 0.182 e. The molecule has 0 saturated carbocycles. The van der Waals surface area contributed by atoms with Gasteiger partial charge in [-0.15, -0.1) is 0 Å². The minimum absolute atomic E-state index is 0.561. The first kappa shape index (κ1) is 14.2. The van der Waals surface area contributed by atoms with Gasteiger partial charge in [0.05, 0.1) is 11.9 Å². The monoisotopic (exact) mass is 401 g/mol. The molecule has 98 valence electrons. The Labute approximate surface area is 130 Å². The van der Waals surface area contributed by atoms with Crippen LogP contribution in [-0.4, -0.2) is 15.0 Å². The predicted octanol–water partition coefficient (Wildman–Crippen LogP) is 3.46. The molecule has 0 aliphatic carbocycles. The molecule has 0 radical (unpaired) electrons. The Morgan fingerprint density at radius 3 is 2.32 bits per heavy atom. The van der Waals surface area contributed by atoms with Crippen molar-refractivity contribution < 1.29 is 0 Å². The third-order valence-corrected chi connectivity index (χ3v) is 3.69. The van der Waals surface area contributed by atoms with Crippen molar-refractivity contribution in [2.24, 2.45) is 0 Å². The SMILES string of the molecule is Nc1ccc(Br)nc1.Nc1nc2ccc(Br)nc2s1. The summed E-state index contributed by atoms with van der Waals surface area (Å²) in [6, 6.07) is 7.33. The van der Waals surface area contributed by atoms with Crippen LogP contribution in [0.1, 0.15) is 0 Å². The summed E-state index contributed by atoms with van der Waals surface area (Å²) >= 11 is 7.84. The van der Waals surface area contributed by atoms with Crippen molar-refractivity contribution in [3.63, 3.8) is 0 Å². The molecule has 4 N–H and O–H groups in total. The number of nitrogen functional groups attached to an aromatic ring is 2. The van der Waals surface area contributed by atoms with E-state index in [4.69, 9.17) is 11.5 Å². The smallest absolute Gasteiger partial charge is 0.182 e. The Balaban J connectivity index is 0.000000148. The van der Waals surface area contributed by atoms with E-state index in [9.17, 15) is 0 Å². The molecule has 0 aliphatic heterocycles. The molecule has 3 aromatic rings.